The van der Waals surface area contributed by atoms with E-state index in [2.05, 4.69) is 14.7 Å². The Morgan fingerprint density at radius 2 is 1.47 bits per heavy atom. The lowest BCUT2D eigenvalue weighted by molar-refractivity contribution is -0.161. The van der Waals surface area contributed by atoms with E-state index in [1.807, 2.05) is 97.9 Å². The van der Waals surface area contributed by atoms with Crippen LogP contribution in [0.1, 0.15) is 55.3 Å². The Bertz CT molecular complexity index is 1640. The maximum absolute atomic E-state index is 13.9. The number of nitrogens with one attached hydrogen (secondary N) is 2. The average molecular weight is 600 g/mol. The van der Waals surface area contributed by atoms with Crippen LogP contribution in [0.2, 0.25) is 0 Å². The zero-order valence-corrected chi connectivity index (χ0v) is 25.2. The molecule has 9 heteroatoms. The molecule has 1 aliphatic rings. The molecule has 0 amide bonds. The van der Waals surface area contributed by atoms with Crippen molar-refractivity contribution in [3.63, 3.8) is 0 Å². The Morgan fingerprint density at radius 3 is 1.95 bits per heavy atom. The summed E-state index contributed by atoms with van der Waals surface area (Å²) in [5, 5.41) is 11.4. The van der Waals surface area contributed by atoms with Gasteiger partial charge in [0, 0.05) is 17.9 Å². The highest BCUT2D eigenvalue weighted by molar-refractivity contribution is 7.89. The third-order valence-corrected chi connectivity index (χ3v) is 9.38. The summed E-state index contributed by atoms with van der Waals surface area (Å²) in [5.41, 5.74) is 3.01. The quantitative estimate of drug-likeness (QED) is 0.166. The molecule has 1 atom stereocenters. The third kappa shape index (κ3) is 6.73. The van der Waals surface area contributed by atoms with Crippen LogP contribution in [0.5, 0.6) is 0 Å². The van der Waals surface area contributed by atoms with Crippen LogP contribution in [0.4, 0.5) is 0 Å². The minimum absolute atomic E-state index is 0.0316. The van der Waals surface area contributed by atoms with Gasteiger partial charge in [0.05, 0.1) is 17.0 Å². The number of sulfonamides is 1. The van der Waals surface area contributed by atoms with Crippen LogP contribution in [0.25, 0.3) is 11.3 Å². The molecule has 0 saturated heterocycles. The van der Waals surface area contributed by atoms with Gasteiger partial charge in [0.2, 0.25) is 5.16 Å². The highest BCUT2D eigenvalue weighted by Crippen LogP contribution is 2.43. The Morgan fingerprint density at radius 1 is 0.930 bits per heavy atom. The van der Waals surface area contributed by atoms with Gasteiger partial charge < -0.3 is 14.8 Å². The first-order valence-electron chi connectivity index (χ1n) is 14.6. The Balaban J connectivity index is 1.53. The maximum atomic E-state index is 13.9. The normalized spacial score (nSPS) is 15.7. The number of hydrogen-bond acceptors (Lipinski definition) is 6. The van der Waals surface area contributed by atoms with Gasteiger partial charge in [-0.1, -0.05) is 97.9 Å². The molecule has 0 bridgehead atoms. The average Bonchev–Trinajstić information content (AvgIpc) is 3.49. The van der Waals surface area contributed by atoms with E-state index in [4.69, 9.17) is 4.74 Å². The van der Waals surface area contributed by atoms with Crippen molar-refractivity contribution >= 4 is 16.0 Å². The summed E-state index contributed by atoms with van der Waals surface area (Å²) in [4.78, 5) is 21.3. The van der Waals surface area contributed by atoms with E-state index in [0.29, 0.717) is 49.1 Å². The summed E-state index contributed by atoms with van der Waals surface area (Å²) >= 11 is 0. The Labute approximate surface area is 252 Å². The molecule has 0 radical (unpaired) electrons. The van der Waals surface area contributed by atoms with Gasteiger partial charge in [0.25, 0.3) is 10.0 Å². The number of aromatic nitrogens is 2. The van der Waals surface area contributed by atoms with Gasteiger partial charge in [-0.05, 0) is 50.3 Å². The van der Waals surface area contributed by atoms with E-state index in [0.717, 1.165) is 11.1 Å². The second kappa shape index (κ2) is 13.0. The summed E-state index contributed by atoms with van der Waals surface area (Å²) in [7, 11) is -2.59. The fourth-order valence-corrected chi connectivity index (χ4v) is 6.44. The van der Waals surface area contributed by atoms with Crippen LogP contribution in [-0.4, -0.2) is 42.1 Å². The molecule has 0 aliphatic carbocycles. The number of carbonyl (C=O) groups is 1. The van der Waals surface area contributed by atoms with E-state index in [1.54, 1.807) is 0 Å². The summed E-state index contributed by atoms with van der Waals surface area (Å²) in [6, 6.07) is 29.2. The minimum atomic E-state index is -3.90. The predicted molar refractivity (Wildman–Crippen MR) is 166 cm³/mol. The molecule has 4 aromatic rings. The second-order valence-corrected chi connectivity index (χ2v) is 12.7. The molecule has 0 fully saturated rings. The van der Waals surface area contributed by atoms with E-state index < -0.39 is 27.5 Å². The van der Waals surface area contributed by atoms with Crippen molar-refractivity contribution in [2.75, 3.05) is 7.05 Å². The number of nitrogens with zero attached hydrogens (tertiary/aromatic N) is 1. The molecular weight excluding hydrogens is 562 g/mol. The monoisotopic (exact) mass is 599 g/mol. The number of hydrogen-bond donors (Lipinski definition) is 3. The number of imidazole rings is 1. The largest absolute Gasteiger partial charge is 0.512 e. The predicted octanol–water partition coefficient (Wildman–Crippen LogP) is 6.24. The number of carbonyl (C=O) groups excluding carboxylic acids is 1. The topological polar surface area (TPSA) is 121 Å². The third-order valence-electron chi connectivity index (χ3n) is 8.14. The van der Waals surface area contributed by atoms with Gasteiger partial charge in [0.15, 0.2) is 0 Å². The van der Waals surface area contributed by atoms with Gasteiger partial charge in [-0.15, -0.1) is 0 Å². The van der Waals surface area contributed by atoms with Crippen LogP contribution < -0.4 is 4.72 Å². The molecule has 0 spiro atoms. The molecule has 224 valence electrons. The molecule has 3 aromatic carbocycles. The van der Waals surface area contributed by atoms with E-state index in [1.165, 1.54) is 7.05 Å². The number of aromatic amines is 1. The lowest BCUT2D eigenvalue weighted by Gasteiger charge is -2.39. The first-order valence-corrected chi connectivity index (χ1v) is 16.1. The van der Waals surface area contributed by atoms with Crippen molar-refractivity contribution in [1.29, 1.82) is 0 Å². The summed E-state index contributed by atoms with van der Waals surface area (Å²) in [6.45, 7) is 1.88. The summed E-state index contributed by atoms with van der Waals surface area (Å²) < 4.78 is 34.1. The zero-order valence-electron chi connectivity index (χ0n) is 24.4. The fourth-order valence-electron chi connectivity index (χ4n) is 5.80. The zero-order chi connectivity index (χ0) is 30.5. The molecule has 2 heterocycles. The van der Waals surface area contributed by atoms with Crippen LogP contribution >= 0.6 is 0 Å². The van der Waals surface area contributed by atoms with Crippen molar-refractivity contribution in [3.8, 4) is 11.3 Å². The number of H-pyrrole nitrogens is 1. The maximum Gasteiger partial charge on any atom is 0.338 e. The Kier molecular flexibility index (Phi) is 9.13. The molecular formula is C34H37N3O5S. The van der Waals surface area contributed by atoms with E-state index in [-0.39, 0.29) is 22.9 Å². The van der Waals surface area contributed by atoms with Crippen molar-refractivity contribution in [2.45, 2.75) is 62.1 Å². The lowest BCUT2D eigenvalue weighted by Crippen LogP contribution is -2.42. The molecule has 5 rings (SSSR count). The molecule has 3 N–H and O–H groups in total. The highest BCUT2D eigenvalue weighted by Gasteiger charge is 2.44. The van der Waals surface area contributed by atoms with Gasteiger partial charge in [-0.25, -0.2) is 22.9 Å². The van der Waals surface area contributed by atoms with E-state index in [9.17, 15) is 18.3 Å². The van der Waals surface area contributed by atoms with Crippen molar-refractivity contribution in [1.82, 2.24) is 14.7 Å². The number of cyclic esters (lactones) is 1. The first kappa shape index (κ1) is 30.3. The molecule has 1 aromatic heterocycles. The van der Waals surface area contributed by atoms with Gasteiger partial charge in [-0.2, -0.15) is 0 Å². The molecule has 0 saturated carbocycles. The van der Waals surface area contributed by atoms with Gasteiger partial charge in [-0.3, -0.25) is 0 Å². The fraction of sp³-hybridized carbons (Fsp3) is 0.294. The highest BCUT2D eigenvalue weighted by atomic mass is 32.2. The Hall–Kier alpha value is -4.21. The number of esters is 1. The molecule has 8 nitrogen and oxygen atoms in total. The number of aryl methyl sites for hydroxylation is 2. The smallest absolute Gasteiger partial charge is 0.338 e. The van der Waals surface area contributed by atoms with Crippen molar-refractivity contribution < 1.29 is 23.1 Å². The van der Waals surface area contributed by atoms with Crippen LogP contribution in [0, 0.1) is 0 Å². The number of aliphatic hydroxyl groups is 1. The first-order chi connectivity index (χ1) is 20.7. The number of benzene rings is 3. The summed E-state index contributed by atoms with van der Waals surface area (Å²) in [5.74, 6) is -1.29. The number of aliphatic hydroxyl groups excluding tert-OH is 1. The molecule has 1 aliphatic heterocycles. The van der Waals surface area contributed by atoms with Crippen LogP contribution in [0.3, 0.4) is 0 Å². The SMILES string of the molecule is CCC(C1=C(O)CC(CCc2ccccc2)(CCc2ccccc2)OC1=O)c1[nH]c(S(=O)(=O)NC)nc1-c1ccccc1. The summed E-state index contributed by atoms with van der Waals surface area (Å²) in [6.07, 6.45) is 3.04. The number of rotatable bonds is 12. The number of ether oxygens (including phenoxy) is 1. The lowest BCUT2D eigenvalue weighted by atomic mass is 9.80. The van der Waals surface area contributed by atoms with E-state index >= 15 is 0 Å². The van der Waals surface area contributed by atoms with Crippen LogP contribution in [-0.2, 0) is 32.4 Å². The van der Waals surface area contributed by atoms with Crippen LogP contribution in [0.15, 0.2) is 107 Å². The van der Waals surface area contributed by atoms with Gasteiger partial charge in [0.1, 0.15) is 11.4 Å². The minimum Gasteiger partial charge on any atom is -0.512 e. The standard InChI is InChI=1S/C34H37N3O5S/c1-3-27(31-30(26-17-11-6-12-18-26)36-33(37-31)43(40,41)35-2)29-28(38)23-34(42-32(29)39,21-19-24-13-7-4-8-14-24)22-20-25-15-9-5-10-16-25/h4-18,27,35,38H,3,19-23H2,1-2H3,(H,36,37). The van der Waals surface area contributed by atoms with Gasteiger partial charge >= 0.3 is 5.97 Å². The van der Waals surface area contributed by atoms with Crippen molar-refractivity contribution in [3.05, 3.63) is 119 Å². The second-order valence-electron chi connectivity index (χ2n) is 10.9. The molecule has 1 unspecified atom stereocenters. The van der Waals surface area contributed by atoms with Crippen molar-refractivity contribution in [2.24, 2.45) is 0 Å². The molecule has 43 heavy (non-hydrogen) atoms.